The fourth-order valence-corrected chi connectivity index (χ4v) is 3.98. The molecule has 31 heavy (non-hydrogen) atoms. The highest BCUT2D eigenvalue weighted by Crippen LogP contribution is 2.13. The highest BCUT2D eigenvalue weighted by molar-refractivity contribution is 14.0. The molecular formula is C23H32IN7. The van der Waals surface area contributed by atoms with Crippen LogP contribution >= 0.6 is 24.0 Å². The number of nitrogens with one attached hydrogen (secondary N) is 2. The van der Waals surface area contributed by atoms with Crippen LogP contribution in [0.2, 0.25) is 0 Å². The predicted molar refractivity (Wildman–Crippen MR) is 136 cm³/mol. The number of aromatic nitrogens is 3. The summed E-state index contributed by atoms with van der Waals surface area (Å²) in [5.74, 6) is 1.89. The number of hydrogen-bond acceptors (Lipinski definition) is 4. The van der Waals surface area contributed by atoms with Crippen molar-refractivity contribution in [2.45, 2.75) is 38.3 Å². The van der Waals surface area contributed by atoms with Crippen molar-refractivity contribution in [1.82, 2.24) is 30.1 Å². The Kier molecular flexibility index (Phi) is 9.08. The van der Waals surface area contributed by atoms with Crippen molar-refractivity contribution in [2.75, 3.05) is 26.7 Å². The summed E-state index contributed by atoms with van der Waals surface area (Å²) in [6.45, 7) is 4.12. The molecule has 0 radical (unpaired) electrons. The summed E-state index contributed by atoms with van der Waals surface area (Å²) < 4.78 is 2.05. The van der Waals surface area contributed by atoms with E-state index in [1.165, 1.54) is 5.56 Å². The topological polar surface area (TPSA) is 69.8 Å². The summed E-state index contributed by atoms with van der Waals surface area (Å²) >= 11 is 0. The molecule has 4 rings (SSSR count). The van der Waals surface area contributed by atoms with Gasteiger partial charge in [0.05, 0.1) is 0 Å². The van der Waals surface area contributed by atoms with Gasteiger partial charge in [-0.05, 0) is 37.0 Å². The highest BCUT2D eigenvalue weighted by atomic mass is 127. The Bertz CT molecular complexity index is 949. The Balaban J connectivity index is 0.00000272. The van der Waals surface area contributed by atoms with Gasteiger partial charge in [-0.15, -0.1) is 34.2 Å². The molecule has 166 valence electrons. The minimum atomic E-state index is 0. The molecule has 0 atom stereocenters. The van der Waals surface area contributed by atoms with Crippen LogP contribution in [0.15, 0.2) is 59.7 Å². The average molecular weight is 533 g/mol. The van der Waals surface area contributed by atoms with E-state index in [0.717, 1.165) is 69.3 Å². The fourth-order valence-electron chi connectivity index (χ4n) is 3.98. The number of guanidine groups is 1. The van der Waals surface area contributed by atoms with Crippen LogP contribution in [0.1, 0.15) is 30.7 Å². The van der Waals surface area contributed by atoms with E-state index in [0.29, 0.717) is 6.04 Å². The van der Waals surface area contributed by atoms with Gasteiger partial charge in [0, 0.05) is 51.9 Å². The third kappa shape index (κ3) is 6.64. The maximum atomic E-state index is 4.40. The quantitative estimate of drug-likeness (QED) is 0.212. The molecule has 1 saturated heterocycles. The molecule has 1 aliphatic rings. The number of likely N-dealkylation sites (tertiary alicyclic amines) is 1. The zero-order chi connectivity index (χ0) is 20.6. The first-order valence-corrected chi connectivity index (χ1v) is 10.8. The maximum Gasteiger partial charge on any atom is 0.191 e. The smallest absolute Gasteiger partial charge is 0.191 e. The Morgan fingerprint density at radius 2 is 1.84 bits per heavy atom. The molecule has 1 aromatic carbocycles. The van der Waals surface area contributed by atoms with Gasteiger partial charge in [-0.25, -0.2) is 0 Å². The Morgan fingerprint density at radius 3 is 2.61 bits per heavy atom. The molecule has 7 nitrogen and oxygen atoms in total. The zero-order valence-corrected chi connectivity index (χ0v) is 20.4. The van der Waals surface area contributed by atoms with Gasteiger partial charge in [-0.1, -0.05) is 36.4 Å². The molecule has 1 fully saturated rings. The monoisotopic (exact) mass is 533 g/mol. The Morgan fingerprint density at radius 1 is 1.06 bits per heavy atom. The van der Waals surface area contributed by atoms with Crippen molar-refractivity contribution < 1.29 is 0 Å². The maximum absolute atomic E-state index is 4.40. The molecule has 0 bridgehead atoms. The van der Waals surface area contributed by atoms with Crippen LogP contribution in [0.3, 0.4) is 0 Å². The standard InChI is InChI=1S/C23H31N7.HI/c1-24-23(25-14-7-11-22-28-27-21-10-5-6-15-30(21)22)26-20-12-16-29(17-13-20)18-19-8-3-2-4-9-19;/h2-6,8-10,15,20H,7,11-14,16-18H2,1H3,(H2,24,25,26);1H. The van der Waals surface area contributed by atoms with Crippen LogP contribution in [0.5, 0.6) is 0 Å². The summed E-state index contributed by atoms with van der Waals surface area (Å²) in [6.07, 6.45) is 6.15. The molecule has 1 aliphatic heterocycles. The van der Waals surface area contributed by atoms with E-state index in [2.05, 4.69) is 65.5 Å². The van der Waals surface area contributed by atoms with Gasteiger partial charge in [-0.2, -0.15) is 0 Å². The van der Waals surface area contributed by atoms with Crippen LogP contribution in [-0.2, 0) is 13.0 Å². The molecule has 0 amide bonds. The highest BCUT2D eigenvalue weighted by Gasteiger charge is 2.20. The average Bonchev–Trinajstić information content (AvgIpc) is 3.21. The van der Waals surface area contributed by atoms with E-state index in [1.807, 2.05) is 31.4 Å². The third-order valence-electron chi connectivity index (χ3n) is 5.65. The van der Waals surface area contributed by atoms with Crippen molar-refractivity contribution in [3.8, 4) is 0 Å². The predicted octanol–water partition coefficient (Wildman–Crippen LogP) is 3.11. The Hall–Kier alpha value is -2.20. The molecule has 2 aromatic heterocycles. The van der Waals surface area contributed by atoms with Gasteiger partial charge >= 0.3 is 0 Å². The molecule has 0 spiro atoms. The van der Waals surface area contributed by atoms with Crippen LogP contribution in [0, 0.1) is 0 Å². The first-order chi connectivity index (χ1) is 14.8. The van der Waals surface area contributed by atoms with Gasteiger partial charge in [-0.3, -0.25) is 14.3 Å². The molecular weight excluding hydrogens is 501 g/mol. The summed E-state index contributed by atoms with van der Waals surface area (Å²) in [5, 5.41) is 15.5. The van der Waals surface area contributed by atoms with Gasteiger partial charge in [0.25, 0.3) is 0 Å². The lowest BCUT2D eigenvalue weighted by Gasteiger charge is -2.33. The van der Waals surface area contributed by atoms with E-state index >= 15 is 0 Å². The second-order valence-corrected chi connectivity index (χ2v) is 7.83. The number of nitrogens with zero attached hydrogens (tertiary/aromatic N) is 5. The number of rotatable bonds is 7. The summed E-state index contributed by atoms with van der Waals surface area (Å²) in [6, 6.07) is 17.2. The van der Waals surface area contributed by atoms with Gasteiger partial charge in [0.1, 0.15) is 5.82 Å². The van der Waals surface area contributed by atoms with Crippen LogP contribution in [-0.4, -0.2) is 58.2 Å². The molecule has 3 aromatic rings. The van der Waals surface area contributed by atoms with Crippen molar-refractivity contribution in [3.05, 3.63) is 66.1 Å². The number of halogens is 1. The number of hydrogen-bond donors (Lipinski definition) is 2. The zero-order valence-electron chi connectivity index (χ0n) is 18.1. The fraction of sp³-hybridized carbons (Fsp3) is 0.435. The van der Waals surface area contributed by atoms with E-state index in [9.17, 15) is 0 Å². The largest absolute Gasteiger partial charge is 0.356 e. The normalized spacial score (nSPS) is 15.6. The van der Waals surface area contributed by atoms with Gasteiger partial charge < -0.3 is 10.6 Å². The van der Waals surface area contributed by atoms with E-state index in [1.54, 1.807) is 0 Å². The van der Waals surface area contributed by atoms with Gasteiger partial charge in [0.2, 0.25) is 0 Å². The van der Waals surface area contributed by atoms with Crippen molar-refractivity contribution >= 4 is 35.6 Å². The molecule has 0 unspecified atom stereocenters. The number of piperidine rings is 1. The van der Waals surface area contributed by atoms with Crippen LogP contribution in [0.25, 0.3) is 5.65 Å². The molecule has 0 aliphatic carbocycles. The lowest BCUT2D eigenvalue weighted by atomic mass is 10.0. The second-order valence-electron chi connectivity index (χ2n) is 7.83. The number of fused-ring (bicyclic) bond motifs is 1. The summed E-state index contributed by atoms with van der Waals surface area (Å²) in [5.41, 5.74) is 2.29. The molecule has 0 saturated carbocycles. The minimum Gasteiger partial charge on any atom is -0.356 e. The SMILES string of the molecule is CN=C(NCCCc1nnc2ccccn12)NC1CCN(Cc2ccccc2)CC1.I. The van der Waals surface area contributed by atoms with Crippen molar-refractivity contribution in [2.24, 2.45) is 4.99 Å². The molecule has 2 N–H and O–H groups in total. The number of aliphatic imine (C=N–C) groups is 1. The summed E-state index contributed by atoms with van der Waals surface area (Å²) in [7, 11) is 1.84. The first-order valence-electron chi connectivity index (χ1n) is 10.8. The second kappa shape index (κ2) is 12.0. The minimum absolute atomic E-state index is 0. The van der Waals surface area contributed by atoms with Gasteiger partial charge in [0.15, 0.2) is 11.6 Å². The van der Waals surface area contributed by atoms with Crippen molar-refractivity contribution in [1.29, 1.82) is 0 Å². The summed E-state index contributed by atoms with van der Waals surface area (Å²) in [4.78, 5) is 6.94. The lowest BCUT2D eigenvalue weighted by Crippen LogP contribution is -2.48. The molecule has 3 heterocycles. The first kappa shape index (κ1) is 23.5. The third-order valence-corrected chi connectivity index (χ3v) is 5.65. The van der Waals surface area contributed by atoms with Crippen LogP contribution < -0.4 is 10.6 Å². The lowest BCUT2D eigenvalue weighted by molar-refractivity contribution is 0.198. The Labute approximate surface area is 201 Å². The number of pyridine rings is 1. The molecule has 8 heteroatoms. The van der Waals surface area contributed by atoms with E-state index in [-0.39, 0.29) is 24.0 Å². The number of benzene rings is 1. The van der Waals surface area contributed by atoms with E-state index in [4.69, 9.17) is 0 Å². The van der Waals surface area contributed by atoms with E-state index < -0.39 is 0 Å². The van der Waals surface area contributed by atoms with Crippen LogP contribution in [0.4, 0.5) is 0 Å². The van der Waals surface area contributed by atoms with Crippen molar-refractivity contribution in [3.63, 3.8) is 0 Å². The number of aryl methyl sites for hydroxylation is 1.